The normalized spacial score (nSPS) is 16.2. The van der Waals surface area contributed by atoms with E-state index in [1.807, 2.05) is 78.6 Å². The number of anilines is 1. The van der Waals surface area contributed by atoms with Gasteiger partial charge in [-0.2, -0.15) is 4.98 Å². The van der Waals surface area contributed by atoms with Gasteiger partial charge in [-0.1, -0.05) is 65.8 Å². The first kappa shape index (κ1) is 20.1. The molecule has 0 amide bonds. The molecule has 0 saturated heterocycles. The average molecular weight is 443 g/mol. The first-order chi connectivity index (χ1) is 15.6. The van der Waals surface area contributed by atoms with Crippen LogP contribution < -0.4 is 10.2 Å². The zero-order valence-corrected chi connectivity index (χ0v) is 18.0. The van der Waals surface area contributed by atoms with E-state index >= 15 is 0 Å². The molecule has 0 radical (unpaired) electrons. The van der Waals surface area contributed by atoms with Crippen LogP contribution in [-0.2, 0) is 0 Å². The predicted octanol–water partition coefficient (Wildman–Crippen LogP) is 5.74. The van der Waals surface area contributed by atoms with Crippen LogP contribution in [0.15, 0.2) is 95.1 Å². The van der Waals surface area contributed by atoms with E-state index in [9.17, 15) is 4.39 Å². The molecule has 0 aliphatic carbocycles. The van der Waals surface area contributed by atoms with Crippen molar-refractivity contribution in [3.8, 4) is 11.4 Å². The number of hydrogen-bond donors (Lipinski definition) is 1. The summed E-state index contributed by atoms with van der Waals surface area (Å²) in [7, 11) is 0. The van der Waals surface area contributed by atoms with Crippen LogP contribution in [0.3, 0.4) is 0 Å². The van der Waals surface area contributed by atoms with Crippen molar-refractivity contribution < 1.29 is 8.91 Å². The molecular formula is C25H19FN4OS. The summed E-state index contributed by atoms with van der Waals surface area (Å²) in [6.07, 6.45) is 0. The van der Waals surface area contributed by atoms with Crippen LogP contribution in [0.25, 0.3) is 17.0 Å². The molecule has 5 rings (SSSR count). The second-order valence-corrected chi connectivity index (χ2v) is 7.78. The van der Waals surface area contributed by atoms with Crippen LogP contribution in [0, 0.1) is 5.82 Å². The quantitative estimate of drug-likeness (QED) is 0.407. The van der Waals surface area contributed by atoms with Gasteiger partial charge in [0.2, 0.25) is 5.82 Å². The third-order valence-corrected chi connectivity index (χ3v) is 5.67. The average Bonchev–Trinajstić information content (AvgIpc) is 3.30. The highest BCUT2D eigenvalue weighted by atomic mass is 32.1. The van der Waals surface area contributed by atoms with Crippen LogP contribution in [0.4, 0.5) is 10.1 Å². The SMILES string of the molecule is CC1=C(c2nc(-c3ccccc3)no2)C(c2cccc(F)c2)NC(=S)N1c1ccccc1. The molecule has 0 spiro atoms. The third kappa shape index (κ3) is 3.67. The van der Waals surface area contributed by atoms with Crippen LogP contribution in [0.1, 0.15) is 24.4 Å². The van der Waals surface area contributed by atoms with Crippen LogP contribution in [0.2, 0.25) is 0 Å². The Hall–Kier alpha value is -3.84. The standard InChI is InChI=1S/C25H19FN4OS/c1-16-21(24-28-23(29-31-24)17-9-4-2-5-10-17)22(18-11-8-12-19(26)15-18)27-25(32)30(16)20-13-6-3-7-14-20/h2-15,22H,1H3,(H,27,32). The summed E-state index contributed by atoms with van der Waals surface area (Å²) in [6.45, 7) is 1.95. The lowest BCUT2D eigenvalue weighted by molar-refractivity contribution is 0.404. The van der Waals surface area contributed by atoms with Gasteiger partial charge in [0.1, 0.15) is 5.82 Å². The molecule has 3 aromatic carbocycles. The summed E-state index contributed by atoms with van der Waals surface area (Å²) in [5.74, 6) is 0.512. The number of allylic oxidation sites excluding steroid dienone is 1. The molecule has 1 unspecified atom stereocenters. The highest BCUT2D eigenvalue weighted by Crippen LogP contribution is 2.39. The highest BCUT2D eigenvalue weighted by Gasteiger charge is 2.34. The molecule has 0 fully saturated rings. The largest absolute Gasteiger partial charge is 0.351 e. The number of nitrogens with one attached hydrogen (secondary N) is 1. The molecule has 32 heavy (non-hydrogen) atoms. The fourth-order valence-electron chi connectivity index (χ4n) is 3.88. The number of para-hydroxylation sites is 1. The van der Waals surface area contributed by atoms with Crippen molar-refractivity contribution in [1.82, 2.24) is 15.5 Å². The number of halogens is 1. The molecule has 1 atom stereocenters. The molecule has 1 N–H and O–H groups in total. The van der Waals surface area contributed by atoms with Gasteiger partial charge in [-0.25, -0.2) is 4.39 Å². The number of hydrogen-bond acceptors (Lipinski definition) is 4. The maximum atomic E-state index is 14.1. The minimum Gasteiger partial charge on any atom is -0.351 e. The first-order valence-electron chi connectivity index (χ1n) is 10.1. The summed E-state index contributed by atoms with van der Waals surface area (Å²) >= 11 is 5.70. The predicted molar refractivity (Wildman–Crippen MR) is 126 cm³/mol. The smallest absolute Gasteiger partial charge is 0.258 e. The molecule has 1 aromatic heterocycles. The number of rotatable bonds is 4. The van der Waals surface area contributed by atoms with Gasteiger partial charge >= 0.3 is 0 Å². The van der Waals surface area contributed by atoms with Crippen molar-refractivity contribution >= 4 is 28.6 Å². The minimum atomic E-state index is -0.442. The Morgan fingerprint density at radius 1 is 0.969 bits per heavy atom. The van der Waals surface area contributed by atoms with Gasteiger partial charge in [0.15, 0.2) is 5.11 Å². The van der Waals surface area contributed by atoms with Crippen molar-refractivity contribution in [2.45, 2.75) is 13.0 Å². The Balaban J connectivity index is 1.67. The molecular weight excluding hydrogens is 423 g/mol. The topological polar surface area (TPSA) is 54.2 Å². The van der Waals surface area contributed by atoms with Gasteiger partial charge in [0.05, 0.1) is 11.6 Å². The van der Waals surface area contributed by atoms with E-state index in [2.05, 4.69) is 15.5 Å². The van der Waals surface area contributed by atoms with Gasteiger partial charge in [-0.3, -0.25) is 4.90 Å². The van der Waals surface area contributed by atoms with Crippen molar-refractivity contribution in [3.63, 3.8) is 0 Å². The maximum Gasteiger partial charge on any atom is 0.258 e. The summed E-state index contributed by atoms with van der Waals surface area (Å²) < 4.78 is 19.8. The molecule has 2 heterocycles. The van der Waals surface area contributed by atoms with Gasteiger partial charge in [0, 0.05) is 16.9 Å². The van der Waals surface area contributed by atoms with E-state index in [0.717, 1.165) is 22.5 Å². The first-order valence-corrected chi connectivity index (χ1v) is 10.5. The van der Waals surface area contributed by atoms with E-state index in [1.54, 1.807) is 6.07 Å². The van der Waals surface area contributed by atoms with E-state index in [1.165, 1.54) is 12.1 Å². The van der Waals surface area contributed by atoms with Gasteiger partial charge in [0.25, 0.3) is 5.89 Å². The molecule has 5 nitrogen and oxygen atoms in total. The fraction of sp³-hybridized carbons (Fsp3) is 0.0800. The van der Waals surface area contributed by atoms with Crippen molar-refractivity contribution in [2.75, 3.05) is 4.90 Å². The third-order valence-electron chi connectivity index (χ3n) is 5.37. The lowest BCUT2D eigenvalue weighted by Gasteiger charge is -2.37. The monoisotopic (exact) mass is 442 g/mol. The van der Waals surface area contributed by atoms with E-state index < -0.39 is 6.04 Å². The summed E-state index contributed by atoms with van der Waals surface area (Å²) in [5.41, 5.74) is 4.04. The van der Waals surface area contributed by atoms with Crippen LogP contribution in [0.5, 0.6) is 0 Å². The number of thiocarbonyl (C=S) groups is 1. The Labute approximate surface area is 190 Å². The lowest BCUT2D eigenvalue weighted by atomic mass is 9.94. The zero-order valence-electron chi connectivity index (χ0n) is 17.2. The Kier molecular flexibility index (Phi) is 5.25. The molecule has 4 aromatic rings. The zero-order chi connectivity index (χ0) is 22.1. The van der Waals surface area contributed by atoms with Crippen LogP contribution in [-0.4, -0.2) is 15.3 Å². The maximum absolute atomic E-state index is 14.1. The molecule has 0 saturated carbocycles. The minimum absolute atomic E-state index is 0.326. The molecule has 1 aliphatic heterocycles. The van der Waals surface area contributed by atoms with Gasteiger partial charge in [-0.05, 0) is 49.0 Å². The number of benzene rings is 3. The fourth-order valence-corrected chi connectivity index (χ4v) is 4.24. The second-order valence-electron chi connectivity index (χ2n) is 7.40. The van der Waals surface area contributed by atoms with Gasteiger partial charge in [-0.15, -0.1) is 0 Å². The molecule has 158 valence electrons. The molecule has 0 bridgehead atoms. The van der Waals surface area contributed by atoms with Crippen molar-refractivity contribution in [1.29, 1.82) is 0 Å². The Morgan fingerprint density at radius 3 is 2.41 bits per heavy atom. The number of aromatic nitrogens is 2. The van der Waals surface area contributed by atoms with Gasteiger partial charge < -0.3 is 9.84 Å². The van der Waals surface area contributed by atoms with Crippen LogP contribution >= 0.6 is 12.2 Å². The summed E-state index contributed by atoms with van der Waals surface area (Å²) in [5, 5.41) is 8.04. The Morgan fingerprint density at radius 2 is 1.69 bits per heavy atom. The Bertz CT molecular complexity index is 1300. The van der Waals surface area contributed by atoms with E-state index in [0.29, 0.717) is 22.4 Å². The second kappa shape index (κ2) is 8.36. The highest BCUT2D eigenvalue weighted by molar-refractivity contribution is 7.80. The van der Waals surface area contributed by atoms with E-state index in [-0.39, 0.29) is 5.82 Å². The summed E-state index contributed by atoms with van der Waals surface area (Å²) in [6, 6.07) is 25.4. The number of nitrogens with zero attached hydrogens (tertiary/aromatic N) is 3. The lowest BCUT2D eigenvalue weighted by Crippen LogP contribution is -2.46. The van der Waals surface area contributed by atoms with Crippen molar-refractivity contribution in [3.05, 3.63) is 108 Å². The summed E-state index contributed by atoms with van der Waals surface area (Å²) in [4.78, 5) is 6.59. The molecule has 1 aliphatic rings. The molecule has 7 heteroatoms. The van der Waals surface area contributed by atoms with E-state index in [4.69, 9.17) is 16.7 Å². The van der Waals surface area contributed by atoms with Crippen molar-refractivity contribution in [2.24, 2.45) is 0 Å².